The number of benzene rings is 1. The number of nitrogens with zero attached hydrogens (tertiary/aromatic N) is 3. The Bertz CT molecular complexity index is 780. The monoisotopic (exact) mass is 403 g/mol. The van der Waals surface area contributed by atoms with Gasteiger partial charge in [0.05, 0.1) is 18.9 Å². The summed E-state index contributed by atoms with van der Waals surface area (Å²) in [5.74, 6) is 2.42. The molecule has 150 valence electrons. The first-order valence-electron chi connectivity index (χ1n) is 8.80. The van der Waals surface area contributed by atoms with Crippen molar-refractivity contribution in [1.82, 2.24) is 9.97 Å². The molecule has 1 aliphatic heterocycles. The number of amides is 2. The van der Waals surface area contributed by atoms with Crippen molar-refractivity contribution < 1.29 is 14.3 Å². The van der Waals surface area contributed by atoms with Gasteiger partial charge in [-0.1, -0.05) is 0 Å². The third-order valence-corrected chi connectivity index (χ3v) is 4.44. The van der Waals surface area contributed by atoms with Crippen LogP contribution in [-0.2, 0) is 20.1 Å². The van der Waals surface area contributed by atoms with Gasteiger partial charge in [-0.05, 0) is 30.5 Å². The predicted octanol–water partition coefficient (Wildman–Crippen LogP) is 1.90. The quantitative estimate of drug-likeness (QED) is 0.734. The Morgan fingerprint density at radius 1 is 1.29 bits per heavy atom. The third-order valence-electron chi connectivity index (χ3n) is 3.86. The molecule has 0 atom stereocenters. The van der Waals surface area contributed by atoms with E-state index in [1.54, 1.807) is 11.8 Å². The molecule has 8 nitrogen and oxygen atoms in total. The molecule has 2 heterocycles. The number of carbonyl (C=O) groups excluding carboxylic acids is 2. The minimum absolute atomic E-state index is 0.0828. The number of rotatable bonds is 5. The Hall–Kier alpha value is -2.65. The fourth-order valence-corrected chi connectivity index (χ4v) is 3.14. The summed E-state index contributed by atoms with van der Waals surface area (Å²) in [6, 6.07) is 9.68. The molecular formula is C19H25N5O3S. The number of hydrogen-bond donors (Lipinski definition) is 2. The van der Waals surface area contributed by atoms with Crippen LogP contribution in [0.25, 0.3) is 11.4 Å². The van der Waals surface area contributed by atoms with E-state index in [4.69, 9.17) is 19.5 Å². The van der Waals surface area contributed by atoms with Crippen molar-refractivity contribution in [1.29, 1.82) is 0 Å². The van der Waals surface area contributed by atoms with E-state index in [0.717, 1.165) is 54.8 Å². The normalized spacial score (nSPS) is 13.3. The number of primary amides is 1. The molecule has 0 aliphatic carbocycles. The van der Waals surface area contributed by atoms with Gasteiger partial charge in [-0.3, -0.25) is 9.59 Å². The molecule has 0 radical (unpaired) electrons. The smallest absolute Gasteiger partial charge is 0.221 e. The summed E-state index contributed by atoms with van der Waals surface area (Å²) in [5, 5.41) is 2.77. The average molecular weight is 404 g/mol. The largest absolute Gasteiger partial charge is 0.378 e. The Kier molecular flexibility index (Phi) is 8.70. The van der Waals surface area contributed by atoms with Gasteiger partial charge in [-0.15, -0.1) is 0 Å². The van der Waals surface area contributed by atoms with Crippen LogP contribution in [0.3, 0.4) is 0 Å². The lowest BCUT2D eigenvalue weighted by Gasteiger charge is -2.28. The first kappa shape index (κ1) is 21.6. The molecular weight excluding hydrogens is 378 g/mol. The minimum atomic E-state index is -0.0828. The topological polar surface area (TPSA) is 110 Å². The zero-order chi connectivity index (χ0) is 20.4. The van der Waals surface area contributed by atoms with Crippen LogP contribution in [0.2, 0.25) is 0 Å². The number of ether oxygens (including phenoxy) is 1. The van der Waals surface area contributed by atoms with Crippen LogP contribution in [0.5, 0.6) is 0 Å². The van der Waals surface area contributed by atoms with Crippen molar-refractivity contribution in [3.05, 3.63) is 36.0 Å². The van der Waals surface area contributed by atoms with E-state index < -0.39 is 0 Å². The number of hydrogen-bond acceptors (Lipinski definition) is 7. The second kappa shape index (κ2) is 11.3. The van der Waals surface area contributed by atoms with Crippen molar-refractivity contribution in [2.75, 3.05) is 42.8 Å². The first-order chi connectivity index (χ1) is 13.6. The highest BCUT2D eigenvalue weighted by atomic mass is 32.2. The van der Waals surface area contributed by atoms with Crippen LogP contribution in [0.4, 0.5) is 11.5 Å². The summed E-state index contributed by atoms with van der Waals surface area (Å²) in [6.07, 6.45) is 2.32. The Morgan fingerprint density at radius 2 is 1.93 bits per heavy atom. The van der Waals surface area contributed by atoms with Gasteiger partial charge < -0.3 is 20.7 Å². The minimum Gasteiger partial charge on any atom is -0.378 e. The van der Waals surface area contributed by atoms with E-state index >= 15 is 0 Å². The summed E-state index contributed by atoms with van der Waals surface area (Å²) in [6.45, 7) is 4.63. The zero-order valence-corrected chi connectivity index (χ0v) is 16.9. The molecule has 1 saturated heterocycles. The number of anilines is 2. The van der Waals surface area contributed by atoms with Gasteiger partial charge in [0.1, 0.15) is 5.82 Å². The number of nitrogens with two attached hydrogens (primary N) is 1. The van der Waals surface area contributed by atoms with Gasteiger partial charge in [0.2, 0.25) is 12.3 Å². The highest BCUT2D eigenvalue weighted by Gasteiger charge is 2.15. The maximum Gasteiger partial charge on any atom is 0.221 e. The molecule has 0 spiro atoms. The van der Waals surface area contributed by atoms with Crippen LogP contribution >= 0.6 is 11.8 Å². The molecule has 2 aromatic rings. The maximum atomic E-state index is 11.2. The molecule has 0 unspecified atom stereocenters. The van der Waals surface area contributed by atoms with E-state index in [2.05, 4.69) is 28.3 Å². The third kappa shape index (κ3) is 6.50. The molecule has 0 saturated carbocycles. The number of thioether (sulfide) groups is 1. The van der Waals surface area contributed by atoms with Gasteiger partial charge in [0, 0.05) is 43.1 Å². The van der Waals surface area contributed by atoms with Crippen LogP contribution in [0.1, 0.15) is 12.6 Å². The first-order valence-corrected chi connectivity index (χ1v) is 10.2. The van der Waals surface area contributed by atoms with Gasteiger partial charge >= 0.3 is 0 Å². The van der Waals surface area contributed by atoms with Gasteiger partial charge in [-0.25, -0.2) is 9.97 Å². The van der Waals surface area contributed by atoms with Crippen molar-refractivity contribution in [3.63, 3.8) is 0 Å². The molecule has 2 amide bonds. The van der Waals surface area contributed by atoms with Crippen LogP contribution in [0.15, 0.2) is 30.3 Å². The van der Waals surface area contributed by atoms with Gasteiger partial charge in [0.25, 0.3) is 0 Å². The molecule has 1 fully saturated rings. The molecule has 1 aromatic carbocycles. The summed E-state index contributed by atoms with van der Waals surface area (Å²) >= 11 is 1.74. The van der Waals surface area contributed by atoms with E-state index in [-0.39, 0.29) is 12.3 Å². The molecule has 3 rings (SSSR count). The Balaban J connectivity index is 0.000000878. The van der Waals surface area contributed by atoms with Crippen molar-refractivity contribution in [3.8, 4) is 11.4 Å². The summed E-state index contributed by atoms with van der Waals surface area (Å²) in [7, 11) is 0. The van der Waals surface area contributed by atoms with Crippen molar-refractivity contribution in [2.45, 2.75) is 12.7 Å². The van der Waals surface area contributed by atoms with Crippen LogP contribution in [0, 0.1) is 0 Å². The summed E-state index contributed by atoms with van der Waals surface area (Å²) in [5.41, 5.74) is 6.89. The lowest BCUT2D eigenvalue weighted by atomic mass is 10.2. The fourth-order valence-electron chi connectivity index (χ4n) is 2.69. The fraction of sp³-hybridized carbons (Fsp3) is 0.368. The standard InChI is InChI=1S/C18H22N4O2S.CH3NO/c1-13(23)19-15-5-3-14(4-6-15)18-20-16(12-25-2)11-17(21-18)22-7-9-24-10-8-22;2-1-3/h3-6,11H,7-10,12H2,1-2H3,(H,19,23);1H,(H2,2,3). The highest BCUT2D eigenvalue weighted by Crippen LogP contribution is 2.24. The second-order valence-electron chi connectivity index (χ2n) is 5.97. The molecule has 1 aliphatic rings. The number of nitrogens with one attached hydrogen (secondary N) is 1. The van der Waals surface area contributed by atoms with Crippen molar-refractivity contribution in [2.24, 2.45) is 5.73 Å². The Labute approximate surface area is 168 Å². The zero-order valence-electron chi connectivity index (χ0n) is 16.1. The molecule has 0 bridgehead atoms. The van der Waals surface area contributed by atoms with Crippen molar-refractivity contribution >= 4 is 35.6 Å². The summed E-state index contributed by atoms with van der Waals surface area (Å²) in [4.78, 5) is 31.4. The van der Waals surface area contributed by atoms with E-state index in [1.807, 2.05) is 24.3 Å². The SMILES string of the molecule is CSCc1cc(N2CCOCC2)nc(-c2ccc(NC(C)=O)cc2)n1.NC=O. The number of morpholine rings is 1. The molecule has 1 aromatic heterocycles. The van der Waals surface area contributed by atoms with E-state index in [9.17, 15) is 4.79 Å². The predicted molar refractivity (Wildman–Crippen MR) is 112 cm³/mol. The lowest BCUT2D eigenvalue weighted by Crippen LogP contribution is -2.37. The molecule has 3 N–H and O–H groups in total. The Morgan fingerprint density at radius 3 is 2.50 bits per heavy atom. The van der Waals surface area contributed by atoms with Gasteiger partial charge in [-0.2, -0.15) is 11.8 Å². The van der Waals surface area contributed by atoms with E-state index in [0.29, 0.717) is 5.82 Å². The lowest BCUT2D eigenvalue weighted by molar-refractivity contribution is -0.114. The van der Waals surface area contributed by atoms with Gasteiger partial charge in [0.15, 0.2) is 5.82 Å². The number of carbonyl (C=O) groups is 2. The second-order valence-corrected chi connectivity index (χ2v) is 6.83. The van der Waals surface area contributed by atoms with Crippen LogP contribution < -0.4 is 16.0 Å². The molecule has 28 heavy (non-hydrogen) atoms. The summed E-state index contributed by atoms with van der Waals surface area (Å²) < 4.78 is 5.43. The highest BCUT2D eigenvalue weighted by molar-refractivity contribution is 7.97. The van der Waals surface area contributed by atoms with E-state index in [1.165, 1.54) is 6.92 Å². The average Bonchev–Trinajstić information content (AvgIpc) is 2.69. The number of aromatic nitrogens is 2. The molecule has 9 heteroatoms. The maximum absolute atomic E-state index is 11.2. The van der Waals surface area contributed by atoms with Crippen LogP contribution in [-0.4, -0.2) is 54.8 Å².